The maximum Gasteiger partial charge on any atom is 0.205 e. The molecule has 78 valence electrons. The van der Waals surface area contributed by atoms with E-state index >= 15 is 0 Å². The Balaban J connectivity index is 1.95. The van der Waals surface area contributed by atoms with Crippen molar-refractivity contribution in [1.29, 1.82) is 0 Å². The molecular formula is C10H17N3S. The molecule has 0 saturated heterocycles. The summed E-state index contributed by atoms with van der Waals surface area (Å²) in [5.41, 5.74) is 2.30. The van der Waals surface area contributed by atoms with Crippen LogP contribution in [0.25, 0.3) is 0 Å². The standard InChI is InChI=1S/C10H17N3S/c1-4-8(7-5-10(7,2)3)12-9-13-11-6-14-9/h6-8H,4-5H2,1-3H3,(H,12,13). The summed E-state index contributed by atoms with van der Waals surface area (Å²) < 4.78 is 0. The zero-order valence-electron chi connectivity index (χ0n) is 8.95. The van der Waals surface area contributed by atoms with Gasteiger partial charge >= 0.3 is 0 Å². The van der Waals surface area contributed by atoms with Crippen molar-refractivity contribution in [2.45, 2.75) is 39.7 Å². The first-order valence-corrected chi connectivity index (χ1v) is 6.04. The number of aromatic nitrogens is 2. The van der Waals surface area contributed by atoms with E-state index in [-0.39, 0.29) is 0 Å². The summed E-state index contributed by atoms with van der Waals surface area (Å²) in [5.74, 6) is 0.802. The van der Waals surface area contributed by atoms with Crippen molar-refractivity contribution in [2.24, 2.45) is 11.3 Å². The van der Waals surface area contributed by atoms with E-state index in [1.165, 1.54) is 6.42 Å². The van der Waals surface area contributed by atoms with Gasteiger partial charge in [0, 0.05) is 6.04 Å². The minimum atomic E-state index is 0.526. The van der Waals surface area contributed by atoms with E-state index in [4.69, 9.17) is 0 Å². The van der Waals surface area contributed by atoms with Gasteiger partial charge in [-0.3, -0.25) is 0 Å². The van der Waals surface area contributed by atoms with Crippen LogP contribution < -0.4 is 5.32 Å². The minimum absolute atomic E-state index is 0.526. The van der Waals surface area contributed by atoms with Gasteiger partial charge in [-0.2, -0.15) is 0 Å². The number of hydrogen-bond acceptors (Lipinski definition) is 4. The highest BCUT2D eigenvalue weighted by atomic mass is 32.1. The van der Waals surface area contributed by atoms with Crippen LogP contribution in [-0.4, -0.2) is 16.2 Å². The third kappa shape index (κ3) is 1.90. The molecule has 3 nitrogen and oxygen atoms in total. The Hall–Kier alpha value is -0.640. The van der Waals surface area contributed by atoms with Gasteiger partial charge in [0.15, 0.2) is 0 Å². The smallest absolute Gasteiger partial charge is 0.205 e. The summed E-state index contributed by atoms with van der Waals surface area (Å²) in [6.45, 7) is 6.90. The zero-order valence-corrected chi connectivity index (χ0v) is 9.77. The highest BCUT2D eigenvalue weighted by molar-refractivity contribution is 7.13. The first-order chi connectivity index (χ1) is 6.63. The van der Waals surface area contributed by atoms with E-state index in [9.17, 15) is 0 Å². The highest BCUT2D eigenvalue weighted by Gasteiger charge is 2.49. The number of hydrogen-bond donors (Lipinski definition) is 1. The molecule has 2 unspecified atom stereocenters. The first kappa shape index (κ1) is 9.90. The fourth-order valence-electron chi connectivity index (χ4n) is 2.08. The minimum Gasteiger partial charge on any atom is -0.357 e. The second-order valence-electron chi connectivity index (χ2n) is 4.70. The maximum atomic E-state index is 4.02. The fraction of sp³-hybridized carbons (Fsp3) is 0.800. The van der Waals surface area contributed by atoms with Crippen LogP contribution in [0.2, 0.25) is 0 Å². The second kappa shape index (κ2) is 3.50. The van der Waals surface area contributed by atoms with Gasteiger partial charge in [0.25, 0.3) is 0 Å². The summed E-state index contributed by atoms with van der Waals surface area (Å²) in [4.78, 5) is 0. The van der Waals surface area contributed by atoms with Gasteiger partial charge in [-0.05, 0) is 24.2 Å². The maximum absolute atomic E-state index is 4.02. The largest absolute Gasteiger partial charge is 0.357 e. The SMILES string of the molecule is CCC(Nc1nncs1)C1CC1(C)C. The van der Waals surface area contributed by atoms with Gasteiger partial charge in [-0.25, -0.2) is 0 Å². The molecule has 2 atom stereocenters. The molecule has 1 aliphatic rings. The predicted octanol–water partition coefficient (Wildman–Crippen LogP) is 2.77. The Morgan fingerprint density at radius 3 is 2.86 bits per heavy atom. The first-order valence-electron chi connectivity index (χ1n) is 5.16. The van der Waals surface area contributed by atoms with Crippen molar-refractivity contribution in [3.63, 3.8) is 0 Å². The summed E-state index contributed by atoms with van der Waals surface area (Å²) in [5, 5.41) is 12.3. The lowest BCUT2D eigenvalue weighted by atomic mass is 10.0. The van der Waals surface area contributed by atoms with Crippen molar-refractivity contribution in [1.82, 2.24) is 10.2 Å². The van der Waals surface area contributed by atoms with Crippen molar-refractivity contribution in [3.8, 4) is 0 Å². The summed E-state index contributed by atoms with van der Waals surface area (Å²) in [7, 11) is 0. The van der Waals surface area contributed by atoms with Gasteiger partial charge in [-0.1, -0.05) is 32.1 Å². The van der Waals surface area contributed by atoms with E-state index in [1.807, 2.05) is 0 Å². The Morgan fingerprint density at radius 1 is 1.71 bits per heavy atom. The van der Waals surface area contributed by atoms with Crippen molar-refractivity contribution in [3.05, 3.63) is 5.51 Å². The summed E-state index contributed by atoms with van der Waals surface area (Å²) >= 11 is 1.58. The normalized spacial score (nSPS) is 25.8. The van der Waals surface area contributed by atoms with Gasteiger partial charge < -0.3 is 5.32 Å². The predicted molar refractivity (Wildman–Crippen MR) is 59.5 cm³/mol. The molecule has 1 aliphatic carbocycles. The van der Waals surface area contributed by atoms with Gasteiger partial charge in [0.1, 0.15) is 5.51 Å². The highest BCUT2D eigenvalue weighted by Crippen LogP contribution is 2.54. The van der Waals surface area contributed by atoms with Gasteiger partial charge in [0.2, 0.25) is 5.13 Å². The molecule has 0 radical (unpaired) electrons. The lowest BCUT2D eigenvalue weighted by Gasteiger charge is -2.17. The molecule has 1 saturated carbocycles. The monoisotopic (exact) mass is 211 g/mol. The molecule has 0 aliphatic heterocycles. The molecule has 14 heavy (non-hydrogen) atoms. The van der Waals surface area contributed by atoms with E-state index in [2.05, 4.69) is 36.3 Å². The van der Waals surface area contributed by atoms with Gasteiger partial charge in [-0.15, -0.1) is 10.2 Å². The molecule has 0 aromatic carbocycles. The van der Waals surface area contributed by atoms with E-state index in [1.54, 1.807) is 16.8 Å². The molecule has 1 heterocycles. The average molecular weight is 211 g/mol. The fourth-order valence-corrected chi connectivity index (χ4v) is 2.58. The molecule has 0 amide bonds. The van der Waals surface area contributed by atoms with Crippen molar-refractivity contribution in [2.75, 3.05) is 5.32 Å². The summed E-state index contributed by atoms with van der Waals surface area (Å²) in [6.07, 6.45) is 2.49. The molecule has 1 fully saturated rings. The molecule has 0 spiro atoms. The van der Waals surface area contributed by atoms with E-state index < -0.39 is 0 Å². The Kier molecular flexibility index (Phi) is 2.47. The van der Waals surface area contributed by atoms with Gasteiger partial charge in [0.05, 0.1) is 0 Å². The van der Waals surface area contributed by atoms with Crippen LogP contribution in [0.4, 0.5) is 5.13 Å². The average Bonchev–Trinajstić information content (AvgIpc) is 2.62. The third-order valence-electron chi connectivity index (χ3n) is 3.18. The van der Waals surface area contributed by atoms with Crippen molar-refractivity contribution >= 4 is 16.5 Å². The molecule has 4 heteroatoms. The lowest BCUT2D eigenvalue weighted by molar-refractivity contribution is 0.490. The Morgan fingerprint density at radius 2 is 2.43 bits per heavy atom. The Bertz CT molecular complexity index is 294. The van der Waals surface area contributed by atoms with Crippen LogP contribution in [0, 0.1) is 11.3 Å². The number of nitrogens with zero attached hydrogens (tertiary/aromatic N) is 2. The molecule has 1 aromatic heterocycles. The Labute approximate surface area is 88.9 Å². The van der Waals surface area contributed by atoms with E-state index in [0.717, 1.165) is 17.5 Å². The summed E-state index contributed by atoms with van der Waals surface area (Å²) in [6, 6.07) is 0.568. The van der Waals surface area contributed by atoms with Crippen LogP contribution in [0.1, 0.15) is 33.6 Å². The van der Waals surface area contributed by atoms with Crippen LogP contribution in [0.5, 0.6) is 0 Å². The topological polar surface area (TPSA) is 37.8 Å². The number of rotatable bonds is 4. The molecule has 1 N–H and O–H groups in total. The number of anilines is 1. The molecule has 0 bridgehead atoms. The number of nitrogens with one attached hydrogen (secondary N) is 1. The third-order valence-corrected chi connectivity index (χ3v) is 3.81. The quantitative estimate of drug-likeness (QED) is 0.832. The van der Waals surface area contributed by atoms with Crippen LogP contribution in [0.15, 0.2) is 5.51 Å². The lowest BCUT2D eigenvalue weighted by Crippen LogP contribution is -2.23. The molecule has 1 aromatic rings. The van der Waals surface area contributed by atoms with Crippen molar-refractivity contribution < 1.29 is 0 Å². The molecule has 2 rings (SSSR count). The van der Waals surface area contributed by atoms with E-state index in [0.29, 0.717) is 11.5 Å². The van der Waals surface area contributed by atoms with Crippen LogP contribution in [-0.2, 0) is 0 Å². The zero-order chi connectivity index (χ0) is 10.2. The van der Waals surface area contributed by atoms with Crippen LogP contribution >= 0.6 is 11.3 Å². The molecular weight excluding hydrogens is 194 g/mol. The second-order valence-corrected chi connectivity index (χ2v) is 5.54. The van der Waals surface area contributed by atoms with Crippen LogP contribution in [0.3, 0.4) is 0 Å².